The number of aliphatic hydroxyl groups excluding tert-OH is 1. The van der Waals surface area contributed by atoms with Crippen molar-refractivity contribution in [2.45, 2.75) is 12.8 Å². The van der Waals surface area contributed by atoms with Crippen molar-refractivity contribution < 1.29 is 9.90 Å². The van der Waals surface area contributed by atoms with E-state index in [9.17, 15) is 9.90 Å². The van der Waals surface area contributed by atoms with Crippen LogP contribution in [0.25, 0.3) is 0 Å². The van der Waals surface area contributed by atoms with Gasteiger partial charge in [-0.3, -0.25) is 4.79 Å². The van der Waals surface area contributed by atoms with Gasteiger partial charge in [-0.25, -0.2) is 15.0 Å². The second-order valence-electron chi connectivity index (χ2n) is 6.86. The fraction of sp³-hybridized carbons (Fsp3) is 0.529. The molecule has 0 saturated carbocycles. The largest absolute Gasteiger partial charge is 0.396 e. The number of hydrogen-bond donors (Lipinski definition) is 1. The van der Waals surface area contributed by atoms with Gasteiger partial charge in [-0.1, -0.05) is 0 Å². The molecule has 4 heterocycles. The number of piperidine rings is 1. The lowest BCUT2D eigenvalue weighted by molar-refractivity contribution is 0.0412. The maximum absolute atomic E-state index is 12.5. The van der Waals surface area contributed by atoms with Gasteiger partial charge in [0, 0.05) is 50.3 Å². The van der Waals surface area contributed by atoms with Crippen molar-refractivity contribution >= 4 is 23.1 Å². The number of carbonyl (C=O) groups excluding carboxylic acids is 1. The summed E-state index contributed by atoms with van der Waals surface area (Å²) in [4.78, 5) is 29.1. The molecule has 132 valence electrons. The Balaban J connectivity index is 1.46. The van der Waals surface area contributed by atoms with Crippen LogP contribution < -0.4 is 4.90 Å². The van der Waals surface area contributed by atoms with Crippen LogP contribution in [0.4, 0.5) is 5.82 Å². The zero-order valence-corrected chi connectivity index (χ0v) is 14.7. The highest BCUT2D eigenvalue weighted by Crippen LogP contribution is 2.45. The highest BCUT2D eigenvalue weighted by molar-refractivity contribution is 7.07. The van der Waals surface area contributed by atoms with Gasteiger partial charge in [-0.15, -0.1) is 11.3 Å². The first-order valence-electron chi connectivity index (χ1n) is 8.51. The van der Waals surface area contributed by atoms with Crippen molar-refractivity contribution in [3.05, 3.63) is 35.2 Å². The normalized spacial score (nSPS) is 22.5. The van der Waals surface area contributed by atoms with Gasteiger partial charge in [0.2, 0.25) is 0 Å². The van der Waals surface area contributed by atoms with Gasteiger partial charge < -0.3 is 14.9 Å². The van der Waals surface area contributed by atoms with E-state index in [0.29, 0.717) is 18.8 Å². The van der Waals surface area contributed by atoms with Gasteiger partial charge in [0.1, 0.15) is 17.8 Å². The second kappa shape index (κ2) is 6.68. The van der Waals surface area contributed by atoms with Crippen LogP contribution in [-0.2, 0) is 0 Å². The van der Waals surface area contributed by atoms with Crippen LogP contribution >= 0.6 is 11.3 Å². The average molecular weight is 359 g/mol. The number of likely N-dealkylation sites (tertiary alicyclic amines) is 1. The fourth-order valence-corrected chi connectivity index (χ4v) is 4.66. The molecule has 4 rings (SSSR count). The van der Waals surface area contributed by atoms with Crippen LogP contribution in [-0.4, -0.2) is 63.7 Å². The molecule has 1 atom stereocenters. The average Bonchev–Trinajstić information content (AvgIpc) is 3.31. The van der Waals surface area contributed by atoms with E-state index < -0.39 is 0 Å². The Morgan fingerprint density at radius 2 is 2.20 bits per heavy atom. The van der Waals surface area contributed by atoms with Crippen LogP contribution in [0, 0.1) is 11.3 Å². The second-order valence-corrected chi connectivity index (χ2v) is 7.57. The molecule has 8 heteroatoms. The van der Waals surface area contributed by atoms with Crippen LogP contribution in [0.5, 0.6) is 0 Å². The summed E-state index contributed by atoms with van der Waals surface area (Å²) in [6.07, 6.45) is 5.10. The summed E-state index contributed by atoms with van der Waals surface area (Å²) in [6, 6.07) is 1.91. The number of carbonyl (C=O) groups is 1. The van der Waals surface area contributed by atoms with E-state index in [2.05, 4.69) is 19.9 Å². The number of anilines is 1. The Morgan fingerprint density at radius 3 is 2.84 bits per heavy atom. The van der Waals surface area contributed by atoms with Crippen LogP contribution in [0.2, 0.25) is 0 Å². The Hall–Kier alpha value is -2.06. The third-order valence-corrected chi connectivity index (χ3v) is 6.21. The first-order valence-corrected chi connectivity index (χ1v) is 9.45. The van der Waals surface area contributed by atoms with Crippen molar-refractivity contribution in [3.8, 4) is 0 Å². The predicted molar refractivity (Wildman–Crippen MR) is 94.5 cm³/mol. The minimum Gasteiger partial charge on any atom is -0.396 e. The quantitative estimate of drug-likeness (QED) is 0.889. The highest BCUT2D eigenvalue weighted by atomic mass is 32.1. The summed E-state index contributed by atoms with van der Waals surface area (Å²) in [7, 11) is 0. The van der Waals surface area contributed by atoms with E-state index in [-0.39, 0.29) is 23.8 Å². The fourth-order valence-electron chi connectivity index (χ4n) is 4.13. The van der Waals surface area contributed by atoms with E-state index in [1.165, 1.54) is 11.3 Å². The number of rotatable bonds is 3. The lowest BCUT2D eigenvalue weighted by Gasteiger charge is -2.42. The number of aromatic nitrogens is 3. The third kappa shape index (κ3) is 3.00. The van der Waals surface area contributed by atoms with E-state index in [0.717, 1.165) is 31.7 Å². The zero-order chi connectivity index (χ0) is 17.3. The Bertz CT molecular complexity index is 716. The molecule has 2 aliphatic heterocycles. The van der Waals surface area contributed by atoms with Gasteiger partial charge in [-0.2, -0.15) is 0 Å². The lowest BCUT2D eigenvalue weighted by atomic mass is 9.71. The maximum atomic E-state index is 12.5. The minimum absolute atomic E-state index is 0.0160. The van der Waals surface area contributed by atoms with Crippen LogP contribution in [0.3, 0.4) is 0 Å². The summed E-state index contributed by atoms with van der Waals surface area (Å²) in [5, 5.41) is 11.7. The Kier molecular flexibility index (Phi) is 4.39. The van der Waals surface area contributed by atoms with E-state index in [4.69, 9.17) is 0 Å². The van der Waals surface area contributed by atoms with E-state index in [1.807, 2.05) is 11.0 Å². The minimum atomic E-state index is 0.0160. The molecule has 0 radical (unpaired) electrons. The van der Waals surface area contributed by atoms with Crippen LogP contribution in [0.1, 0.15) is 23.3 Å². The van der Waals surface area contributed by atoms with E-state index >= 15 is 0 Å². The number of thiazole rings is 1. The molecule has 2 aliphatic rings. The van der Waals surface area contributed by atoms with Gasteiger partial charge in [0.05, 0.1) is 5.51 Å². The summed E-state index contributed by atoms with van der Waals surface area (Å²) in [6.45, 7) is 3.26. The number of amides is 1. The standard InChI is InChI=1S/C17H21N5O2S/c23-8-13-7-22(15-1-4-18-11-19-15)10-17(13)2-5-21(6-3-17)16(24)14-9-25-12-20-14/h1,4,9,11-13,23H,2-3,5-8,10H2. The topological polar surface area (TPSA) is 82.5 Å². The molecule has 2 aromatic heterocycles. The smallest absolute Gasteiger partial charge is 0.273 e. The predicted octanol–water partition coefficient (Wildman–Crippen LogP) is 1.28. The van der Waals surface area contributed by atoms with Crippen molar-refractivity contribution in [1.82, 2.24) is 19.9 Å². The molecular formula is C17H21N5O2S. The molecule has 1 unspecified atom stereocenters. The third-order valence-electron chi connectivity index (χ3n) is 5.62. The monoisotopic (exact) mass is 359 g/mol. The molecule has 1 N–H and O–H groups in total. The van der Waals surface area contributed by atoms with Gasteiger partial charge in [-0.05, 0) is 24.3 Å². The van der Waals surface area contributed by atoms with Gasteiger partial charge >= 0.3 is 0 Å². The maximum Gasteiger partial charge on any atom is 0.273 e. The molecule has 7 nitrogen and oxygen atoms in total. The first-order chi connectivity index (χ1) is 12.2. The molecule has 1 spiro atoms. The molecule has 2 fully saturated rings. The number of hydrogen-bond acceptors (Lipinski definition) is 7. The van der Waals surface area contributed by atoms with Crippen molar-refractivity contribution in [2.75, 3.05) is 37.7 Å². The Labute approximate surface area is 150 Å². The molecule has 1 amide bonds. The summed E-state index contributed by atoms with van der Waals surface area (Å²) >= 11 is 1.44. The molecule has 2 saturated heterocycles. The van der Waals surface area contributed by atoms with Crippen molar-refractivity contribution in [2.24, 2.45) is 11.3 Å². The highest BCUT2D eigenvalue weighted by Gasteiger charge is 2.48. The van der Waals surface area contributed by atoms with Crippen molar-refractivity contribution in [1.29, 1.82) is 0 Å². The molecule has 2 aromatic rings. The van der Waals surface area contributed by atoms with Crippen molar-refractivity contribution in [3.63, 3.8) is 0 Å². The molecule has 0 aliphatic carbocycles. The number of aliphatic hydroxyl groups is 1. The SMILES string of the molecule is O=C(c1cscn1)N1CCC2(CC1)CN(c1ccncn1)CC2CO. The summed E-state index contributed by atoms with van der Waals surface area (Å²) in [5.74, 6) is 1.13. The van der Waals surface area contributed by atoms with E-state index in [1.54, 1.807) is 23.4 Å². The number of nitrogens with zero attached hydrogens (tertiary/aromatic N) is 5. The molecular weight excluding hydrogens is 338 g/mol. The molecule has 0 aromatic carbocycles. The summed E-state index contributed by atoms with van der Waals surface area (Å²) < 4.78 is 0. The van der Waals surface area contributed by atoms with Crippen LogP contribution in [0.15, 0.2) is 29.5 Å². The lowest BCUT2D eigenvalue weighted by Crippen LogP contribution is -2.47. The summed E-state index contributed by atoms with van der Waals surface area (Å²) in [5.41, 5.74) is 2.27. The van der Waals surface area contributed by atoms with Gasteiger partial charge in [0.15, 0.2) is 0 Å². The zero-order valence-electron chi connectivity index (χ0n) is 13.9. The molecule has 25 heavy (non-hydrogen) atoms. The Morgan fingerprint density at radius 1 is 1.36 bits per heavy atom. The molecule has 0 bridgehead atoms. The van der Waals surface area contributed by atoms with Gasteiger partial charge in [0.25, 0.3) is 5.91 Å². The first kappa shape index (κ1) is 16.4.